The summed E-state index contributed by atoms with van der Waals surface area (Å²) >= 11 is 0. The molecule has 7 nitrogen and oxygen atoms in total. The van der Waals surface area contributed by atoms with Crippen molar-refractivity contribution in [3.63, 3.8) is 0 Å². The number of hydrogen-bond acceptors (Lipinski definition) is 5. The Hall–Kier alpha value is -2.20. The van der Waals surface area contributed by atoms with Gasteiger partial charge in [0.2, 0.25) is 0 Å². The van der Waals surface area contributed by atoms with E-state index < -0.39 is 6.10 Å². The van der Waals surface area contributed by atoms with E-state index in [1.807, 2.05) is 32.9 Å². The number of aryl methyl sites for hydroxylation is 1. The molecule has 172 valence electrons. The first kappa shape index (κ1) is 26.8. The first-order chi connectivity index (χ1) is 14.4. The lowest BCUT2D eigenvalue weighted by atomic mass is 10.0. The van der Waals surface area contributed by atoms with Gasteiger partial charge in [-0.15, -0.1) is 24.0 Å². The topological polar surface area (TPSA) is 84.3 Å². The van der Waals surface area contributed by atoms with Crippen molar-refractivity contribution < 1.29 is 19.3 Å². The van der Waals surface area contributed by atoms with Crippen LogP contribution in [0.2, 0.25) is 0 Å². The van der Waals surface area contributed by atoms with Crippen LogP contribution in [0.5, 0.6) is 17.2 Å². The fourth-order valence-corrected chi connectivity index (χ4v) is 3.10. The molecule has 0 spiro atoms. The summed E-state index contributed by atoms with van der Waals surface area (Å²) in [6.45, 7) is 6.98. The molecule has 0 radical (unpaired) electrons. The number of guanidine groups is 1. The maximum Gasteiger partial charge on any atom is 0.191 e. The van der Waals surface area contributed by atoms with Crippen LogP contribution < -0.4 is 24.8 Å². The van der Waals surface area contributed by atoms with Gasteiger partial charge in [0.1, 0.15) is 17.2 Å². The number of ether oxygens (including phenoxy) is 3. The van der Waals surface area contributed by atoms with Gasteiger partial charge in [-0.05, 0) is 44.5 Å². The van der Waals surface area contributed by atoms with Crippen LogP contribution in [-0.4, -0.2) is 45.5 Å². The number of methoxy groups -OCH3 is 3. The van der Waals surface area contributed by atoms with Crippen LogP contribution in [0.4, 0.5) is 0 Å². The molecular formula is C23H34IN3O4. The fourth-order valence-electron chi connectivity index (χ4n) is 3.10. The zero-order chi connectivity index (χ0) is 22.1. The van der Waals surface area contributed by atoms with Gasteiger partial charge in [0, 0.05) is 18.2 Å². The second-order valence-electron chi connectivity index (χ2n) is 6.99. The SMILES string of the molecule is CCNC(=NCC(O)c1cc(OC)cc(OC)c1)NC(C)c1cc(C)ccc1OC.I. The summed E-state index contributed by atoms with van der Waals surface area (Å²) in [6.07, 6.45) is -0.798. The summed E-state index contributed by atoms with van der Waals surface area (Å²) < 4.78 is 16.1. The molecule has 2 aromatic rings. The Balaban J connectivity index is 0.00000480. The van der Waals surface area contributed by atoms with E-state index in [1.165, 1.54) is 0 Å². The van der Waals surface area contributed by atoms with E-state index >= 15 is 0 Å². The largest absolute Gasteiger partial charge is 0.497 e. The number of rotatable bonds is 9. The normalized spacial score (nSPS) is 12.9. The van der Waals surface area contributed by atoms with E-state index in [0.29, 0.717) is 29.6 Å². The second-order valence-corrected chi connectivity index (χ2v) is 6.99. The van der Waals surface area contributed by atoms with Crippen molar-refractivity contribution in [1.82, 2.24) is 10.6 Å². The molecule has 0 aliphatic carbocycles. The van der Waals surface area contributed by atoms with Crippen molar-refractivity contribution in [3.8, 4) is 17.2 Å². The third-order valence-corrected chi connectivity index (χ3v) is 4.73. The molecule has 31 heavy (non-hydrogen) atoms. The number of aliphatic imine (C=N–C) groups is 1. The third kappa shape index (κ3) is 7.77. The number of benzene rings is 2. The minimum absolute atomic E-state index is 0. The van der Waals surface area contributed by atoms with Gasteiger partial charge < -0.3 is 30.0 Å². The predicted octanol–water partition coefficient (Wildman–Crippen LogP) is 3.99. The van der Waals surface area contributed by atoms with E-state index in [9.17, 15) is 5.11 Å². The molecule has 0 aliphatic rings. The highest BCUT2D eigenvalue weighted by atomic mass is 127. The molecule has 0 saturated heterocycles. The van der Waals surface area contributed by atoms with Crippen LogP contribution in [0.15, 0.2) is 41.4 Å². The van der Waals surface area contributed by atoms with Crippen LogP contribution >= 0.6 is 24.0 Å². The van der Waals surface area contributed by atoms with Crippen LogP contribution in [-0.2, 0) is 0 Å². The van der Waals surface area contributed by atoms with Crippen molar-refractivity contribution in [3.05, 3.63) is 53.1 Å². The molecule has 2 atom stereocenters. The predicted molar refractivity (Wildman–Crippen MR) is 135 cm³/mol. The first-order valence-corrected chi connectivity index (χ1v) is 10.0. The van der Waals surface area contributed by atoms with Crippen molar-refractivity contribution in [2.75, 3.05) is 34.4 Å². The molecule has 0 saturated carbocycles. The first-order valence-electron chi connectivity index (χ1n) is 10.0. The van der Waals surface area contributed by atoms with E-state index in [1.54, 1.807) is 39.5 Å². The molecule has 0 heterocycles. The van der Waals surface area contributed by atoms with Crippen molar-refractivity contribution in [2.24, 2.45) is 4.99 Å². The highest BCUT2D eigenvalue weighted by Crippen LogP contribution is 2.27. The number of nitrogens with zero attached hydrogens (tertiary/aromatic N) is 1. The molecule has 0 amide bonds. The number of halogens is 1. The maximum absolute atomic E-state index is 10.7. The number of nitrogens with one attached hydrogen (secondary N) is 2. The Morgan fingerprint density at radius 2 is 1.68 bits per heavy atom. The van der Waals surface area contributed by atoms with Crippen LogP contribution in [0.25, 0.3) is 0 Å². The highest BCUT2D eigenvalue weighted by Gasteiger charge is 2.15. The van der Waals surface area contributed by atoms with Gasteiger partial charge in [0.05, 0.1) is 40.0 Å². The lowest BCUT2D eigenvalue weighted by Gasteiger charge is -2.21. The Morgan fingerprint density at radius 1 is 1.03 bits per heavy atom. The van der Waals surface area contributed by atoms with Crippen molar-refractivity contribution in [1.29, 1.82) is 0 Å². The smallest absolute Gasteiger partial charge is 0.191 e. The van der Waals surface area contributed by atoms with Gasteiger partial charge in [-0.1, -0.05) is 17.7 Å². The Kier molecular flexibility index (Phi) is 11.5. The minimum Gasteiger partial charge on any atom is -0.497 e. The zero-order valence-corrected chi connectivity index (χ0v) is 21.4. The van der Waals surface area contributed by atoms with E-state index in [-0.39, 0.29) is 36.6 Å². The van der Waals surface area contributed by atoms with Gasteiger partial charge in [0.25, 0.3) is 0 Å². The summed E-state index contributed by atoms with van der Waals surface area (Å²) in [6, 6.07) is 11.4. The summed E-state index contributed by atoms with van der Waals surface area (Å²) in [5, 5.41) is 17.3. The van der Waals surface area contributed by atoms with E-state index in [0.717, 1.165) is 16.9 Å². The van der Waals surface area contributed by atoms with Crippen molar-refractivity contribution >= 4 is 29.9 Å². The van der Waals surface area contributed by atoms with Crippen LogP contribution in [0, 0.1) is 6.92 Å². The standard InChI is InChI=1S/C23H33N3O4.HI/c1-7-24-23(26-16(3)20-10-15(2)8-9-22(20)30-6)25-14-21(27)17-11-18(28-4)13-19(12-17)29-5;/h8-13,16,21,27H,7,14H2,1-6H3,(H2,24,25,26);1H. The average Bonchev–Trinajstić information content (AvgIpc) is 2.76. The Labute approximate surface area is 202 Å². The number of hydrogen-bond donors (Lipinski definition) is 3. The third-order valence-electron chi connectivity index (χ3n) is 4.73. The van der Waals surface area contributed by atoms with E-state index in [2.05, 4.69) is 21.7 Å². The van der Waals surface area contributed by atoms with Gasteiger partial charge in [0.15, 0.2) is 5.96 Å². The van der Waals surface area contributed by atoms with Gasteiger partial charge in [-0.3, -0.25) is 4.99 Å². The summed E-state index contributed by atoms with van der Waals surface area (Å²) in [4.78, 5) is 4.57. The Morgan fingerprint density at radius 3 is 2.23 bits per heavy atom. The maximum atomic E-state index is 10.7. The molecule has 0 aliphatic heterocycles. The molecule has 2 unspecified atom stereocenters. The monoisotopic (exact) mass is 543 g/mol. The molecule has 2 rings (SSSR count). The molecule has 8 heteroatoms. The number of aliphatic hydroxyl groups excluding tert-OH is 1. The highest BCUT2D eigenvalue weighted by molar-refractivity contribution is 14.0. The van der Waals surface area contributed by atoms with E-state index in [4.69, 9.17) is 14.2 Å². The summed E-state index contributed by atoms with van der Waals surface area (Å²) in [5.41, 5.74) is 2.88. The molecule has 2 aromatic carbocycles. The quantitative estimate of drug-likeness (QED) is 0.252. The molecule has 0 fully saturated rings. The fraction of sp³-hybridized carbons (Fsp3) is 0.435. The van der Waals surface area contributed by atoms with Crippen molar-refractivity contribution in [2.45, 2.75) is 32.9 Å². The lowest BCUT2D eigenvalue weighted by molar-refractivity contribution is 0.186. The Bertz CT molecular complexity index is 838. The minimum atomic E-state index is -0.798. The summed E-state index contributed by atoms with van der Waals surface area (Å²) in [5.74, 6) is 2.68. The lowest BCUT2D eigenvalue weighted by Crippen LogP contribution is -2.39. The van der Waals surface area contributed by atoms with Gasteiger partial charge >= 0.3 is 0 Å². The van der Waals surface area contributed by atoms with Crippen LogP contribution in [0.3, 0.4) is 0 Å². The van der Waals surface area contributed by atoms with Gasteiger partial charge in [-0.25, -0.2) is 0 Å². The van der Waals surface area contributed by atoms with Crippen LogP contribution in [0.1, 0.15) is 42.7 Å². The van der Waals surface area contributed by atoms with Gasteiger partial charge in [-0.2, -0.15) is 0 Å². The zero-order valence-electron chi connectivity index (χ0n) is 19.1. The second kappa shape index (κ2) is 13.3. The molecule has 0 aromatic heterocycles. The average molecular weight is 543 g/mol. The molecular weight excluding hydrogens is 509 g/mol. The molecule has 3 N–H and O–H groups in total. The summed E-state index contributed by atoms with van der Waals surface area (Å²) in [7, 11) is 4.83. The number of aliphatic hydroxyl groups is 1. The molecule has 0 bridgehead atoms.